The molecule has 0 bridgehead atoms. The molecular weight excluding hydrogens is 608 g/mol. The second-order valence-electron chi connectivity index (χ2n) is 11.5. The molecular formula is C34H33F2N7O4. The smallest absolute Gasteiger partial charge is 0.271 e. The van der Waals surface area contributed by atoms with Gasteiger partial charge in [-0.15, -0.1) is 0 Å². The van der Waals surface area contributed by atoms with Crippen molar-refractivity contribution < 1.29 is 23.5 Å². The monoisotopic (exact) mass is 641 g/mol. The minimum Gasteiger partial charge on any atom is -0.507 e. The molecule has 5 rings (SSSR count). The van der Waals surface area contributed by atoms with Gasteiger partial charge in [0.1, 0.15) is 22.8 Å². The lowest BCUT2D eigenvalue weighted by atomic mass is 10.0. The minimum absolute atomic E-state index is 0.0241. The number of phenolic OH excluding ortho intramolecular Hbond substituents is 1. The van der Waals surface area contributed by atoms with Gasteiger partial charge < -0.3 is 20.2 Å². The number of benzene rings is 1. The Labute approximate surface area is 269 Å². The molecule has 1 atom stereocenters. The van der Waals surface area contributed by atoms with Crippen molar-refractivity contribution in [3.63, 3.8) is 0 Å². The number of nitrogens with one attached hydrogen (secondary N) is 1. The molecule has 0 saturated carbocycles. The van der Waals surface area contributed by atoms with Crippen LogP contribution in [-0.2, 0) is 4.79 Å². The van der Waals surface area contributed by atoms with Crippen LogP contribution in [0.5, 0.6) is 5.75 Å². The third-order valence-corrected chi connectivity index (χ3v) is 8.27. The Morgan fingerprint density at radius 3 is 2.60 bits per heavy atom. The van der Waals surface area contributed by atoms with Gasteiger partial charge in [0.25, 0.3) is 11.5 Å². The first kappa shape index (κ1) is 32.7. The summed E-state index contributed by atoms with van der Waals surface area (Å²) in [6.45, 7) is 9.31. The first-order chi connectivity index (χ1) is 22.4. The van der Waals surface area contributed by atoms with Gasteiger partial charge in [-0.25, -0.2) is 13.8 Å². The number of aromatic hydroxyl groups is 1. The lowest BCUT2D eigenvalue weighted by Gasteiger charge is -2.42. The predicted molar refractivity (Wildman–Crippen MR) is 173 cm³/mol. The number of amides is 2. The molecule has 242 valence electrons. The summed E-state index contributed by atoms with van der Waals surface area (Å²) in [7, 11) is 1.36. The zero-order valence-corrected chi connectivity index (χ0v) is 26.3. The van der Waals surface area contributed by atoms with E-state index in [1.165, 1.54) is 28.6 Å². The molecule has 3 aromatic heterocycles. The molecule has 11 nitrogen and oxygen atoms in total. The Morgan fingerprint density at radius 1 is 1.21 bits per heavy atom. The van der Waals surface area contributed by atoms with Crippen LogP contribution >= 0.6 is 0 Å². The van der Waals surface area contributed by atoms with Crippen LogP contribution in [0.4, 0.5) is 14.5 Å². The van der Waals surface area contributed by atoms with Crippen LogP contribution in [0.15, 0.2) is 54.0 Å². The van der Waals surface area contributed by atoms with E-state index in [-0.39, 0.29) is 60.2 Å². The molecule has 0 radical (unpaired) electrons. The van der Waals surface area contributed by atoms with Gasteiger partial charge in [0.15, 0.2) is 11.5 Å². The minimum atomic E-state index is -1.02. The average molecular weight is 642 g/mol. The summed E-state index contributed by atoms with van der Waals surface area (Å²) < 4.78 is 32.5. The molecule has 0 aliphatic carbocycles. The van der Waals surface area contributed by atoms with Gasteiger partial charge in [0.2, 0.25) is 5.91 Å². The molecule has 2 N–H and O–H groups in total. The summed E-state index contributed by atoms with van der Waals surface area (Å²) in [5.74, 6) is -3.86. The zero-order chi connectivity index (χ0) is 34.2. The number of halogens is 2. The van der Waals surface area contributed by atoms with E-state index in [0.717, 1.165) is 18.2 Å². The number of aromatic nitrogens is 3. The molecule has 47 heavy (non-hydrogen) atoms. The third kappa shape index (κ3) is 5.67. The summed E-state index contributed by atoms with van der Waals surface area (Å²) in [6.07, 6.45) is 2.68. The van der Waals surface area contributed by atoms with Crippen LogP contribution < -0.4 is 15.8 Å². The number of hydrogen-bond donors (Lipinski definition) is 2. The number of rotatable bonds is 7. The number of aryl methyl sites for hydroxylation is 1. The highest BCUT2D eigenvalue weighted by molar-refractivity contribution is 6.07. The maximum Gasteiger partial charge on any atom is 0.271 e. The fourth-order valence-corrected chi connectivity index (χ4v) is 6.09. The summed E-state index contributed by atoms with van der Waals surface area (Å²) in [5, 5.41) is 22.7. The van der Waals surface area contributed by atoms with Crippen LogP contribution in [0.3, 0.4) is 0 Å². The Hall–Kier alpha value is -5.64. The van der Waals surface area contributed by atoms with Crippen molar-refractivity contribution in [2.24, 2.45) is 0 Å². The van der Waals surface area contributed by atoms with Crippen LogP contribution in [0.1, 0.15) is 47.8 Å². The van der Waals surface area contributed by atoms with E-state index in [4.69, 9.17) is 0 Å². The predicted octanol–water partition coefficient (Wildman–Crippen LogP) is 4.34. The van der Waals surface area contributed by atoms with Crippen molar-refractivity contribution in [1.82, 2.24) is 24.8 Å². The topological polar surface area (TPSA) is 144 Å². The highest BCUT2D eigenvalue weighted by atomic mass is 19.1. The number of nitrogens with zero attached hydrogens (tertiary/aromatic N) is 6. The number of phenols is 1. The van der Waals surface area contributed by atoms with Crippen LogP contribution in [0, 0.1) is 29.9 Å². The maximum atomic E-state index is 16.2. The van der Waals surface area contributed by atoms with Gasteiger partial charge >= 0.3 is 0 Å². The number of anilines is 1. The molecule has 4 heterocycles. The van der Waals surface area contributed by atoms with E-state index >= 15 is 8.78 Å². The van der Waals surface area contributed by atoms with Crippen LogP contribution in [0.2, 0.25) is 0 Å². The lowest BCUT2D eigenvalue weighted by Crippen LogP contribution is -2.55. The molecule has 2 amide bonds. The number of nitriles is 1. The highest BCUT2D eigenvalue weighted by Gasteiger charge is 2.35. The molecule has 0 spiro atoms. The molecule has 1 fully saturated rings. The van der Waals surface area contributed by atoms with E-state index in [1.54, 1.807) is 24.1 Å². The standard InChI is InChI=1S/C34H33F2N7O4/c1-6-25(45)42-15-14-41(17-20(42)10-12-37)31-21-16-23(36)29(26-22(35)8-7-9-24(26)44)40-32(21)43(34(47)27(31)33(46)38-5)30-19(4)11-13-39-28(30)18(2)3/h6-9,11,13,16,18,20,44H,1,10,14-15,17H2,2-5H3,(H,38,46)/t20-/m0/s1. The number of pyridine rings is 3. The molecule has 1 saturated heterocycles. The van der Waals surface area contributed by atoms with E-state index in [1.807, 2.05) is 13.8 Å². The highest BCUT2D eigenvalue weighted by Crippen LogP contribution is 2.38. The maximum absolute atomic E-state index is 16.2. The number of fused-ring (bicyclic) bond motifs is 1. The fourth-order valence-electron chi connectivity index (χ4n) is 6.09. The molecule has 1 aromatic carbocycles. The van der Waals surface area contributed by atoms with Crippen molar-refractivity contribution in [3.05, 3.63) is 88.0 Å². The Kier molecular flexibility index (Phi) is 9.05. The normalized spacial score (nSPS) is 14.7. The van der Waals surface area contributed by atoms with E-state index in [0.29, 0.717) is 16.9 Å². The Bertz CT molecular complexity index is 2020. The SMILES string of the molecule is C=CC(=O)N1CCN(c2c(C(=O)NC)c(=O)n(-c3c(C)ccnc3C(C)C)c3nc(-c4c(O)cccc4F)c(F)cc23)C[C@@H]1CC#N. The van der Waals surface area contributed by atoms with Gasteiger partial charge in [-0.3, -0.25) is 23.9 Å². The van der Waals surface area contributed by atoms with Crippen molar-refractivity contribution in [1.29, 1.82) is 5.26 Å². The van der Waals surface area contributed by atoms with E-state index in [9.17, 15) is 24.8 Å². The van der Waals surface area contributed by atoms with Crippen molar-refractivity contribution in [2.45, 2.75) is 39.2 Å². The average Bonchev–Trinajstić information content (AvgIpc) is 3.04. The first-order valence-electron chi connectivity index (χ1n) is 14.9. The quantitative estimate of drug-likeness (QED) is 0.284. The van der Waals surface area contributed by atoms with Gasteiger partial charge in [-0.1, -0.05) is 26.5 Å². The van der Waals surface area contributed by atoms with Crippen LogP contribution in [0.25, 0.3) is 28.0 Å². The third-order valence-electron chi connectivity index (χ3n) is 8.27. The lowest BCUT2D eigenvalue weighted by molar-refractivity contribution is -0.128. The molecule has 1 aliphatic rings. The fraction of sp³-hybridized carbons (Fsp3) is 0.294. The van der Waals surface area contributed by atoms with E-state index < -0.39 is 46.1 Å². The first-order valence-corrected chi connectivity index (χ1v) is 14.9. The molecule has 13 heteroatoms. The number of carbonyl (C=O) groups is 2. The Balaban J connectivity index is 1.95. The van der Waals surface area contributed by atoms with Crippen molar-refractivity contribution >= 4 is 28.5 Å². The zero-order valence-electron chi connectivity index (χ0n) is 26.3. The number of carbonyl (C=O) groups excluding carboxylic acids is 2. The summed E-state index contributed by atoms with van der Waals surface area (Å²) in [6, 6.07) is 7.68. The second-order valence-corrected chi connectivity index (χ2v) is 11.5. The molecule has 0 unspecified atom stereocenters. The summed E-state index contributed by atoms with van der Waals surface area (Å²) >= 11 is 0. The van der Waals surface area contributed by atoms with E-state index in [2.05, 4.69) is 27.9 Å². The summed E-state index contributed by atoms with van der Waals surface area (Å²) in [5.41, 5.74) is -0.814. The second kappa shape index (κ2) is 13.0. The van der Waals surface area contributed by atoms with Gasteiger partial charge in [-0.05, 0) is 48.7 Å². The van der Waals surface area contributed by atoms with Crippen LogP contribution in [-0.4, -0.2) is 69.1 Å². The number of hydrogen-bond acceptors (Lipinski definition) is 8. The van der Waals surface area contributed by atoms with Gasteiger partial charge in [0.05, 0.1) is 41.2 Å². The van der Waals surface area contributed by atoms with Crippen molar-refractivity contribution in [3.8, 4) is 28.8 Å². The Morgan fingerprint density at radius 2 is 1.96 bits per heavy atom. The summed E-state index contributed by atoms with van der Waals surface area (Å²) in [4.78, 5) is 53.1. The molecule has 4 aromatic rings. The van der Waals surface area contributed by atoms with Gasteiger partial charge in [-0.2, -0.15) is 5.26 Å². The molecule has 1 aliphatic heterocycles. The largest absolute Gasteiger partial charge is 0.507 e. The van der Waals surface area contributed by atoms with Crippen molar-refractivity contribution in [2.75, 3.05) is 31.6 Å². The van der Waals surface area contributed by atoms with Gasteiger partial charge in [0, 0.05) is 38.3 Å². The number of piperazine rings is 1.